The second-order valence-electron chi connectivity index (χ2n) is 4.35. The van der Waals surface area contributed by atoms with Crippen molar-refractivity contribution in [3.8, 4) is 5.69 Å². The molecule has 1 N–H and O–H groups in total. The van der Waals surface area contributed by atoms with Crippen LogP contribution in [0, 0.1) is 6.92 Å². The van der Waals surface area contributed by atoms with Crippen LogP contribution in [-0.4, -0.2) is 30.2 Å². The Morgan fingerprint density at radius 1 is 1.20 bits per heavy atom. The predicted molar refractivity (Wildman–Crippen MR) is 73.2 cm³/mol. The number of anilines is 1. The molecule has 3 rings (SSSR count). The fraction of sp³-hybridized carbons (Fsp3) is 0.154. The van der Waals surface area contributed by atoms with Gasteiger partial charge in [0, 0.05) is 30.2 Å². The third-order valence-corrected chi connectivity index (χ3v) is 2.93. The molecule has 0 amide bonds. The van der Waals surface area contributed by atoms with E-state index in [1.54, 1.807) is 23.4 Å². The molecule has 0 saturated heterocycles. The van der Waals surface area contributed by atoms with Crippen LogP contribution in [-0.2, 0) is 6.54 Å². The van der Waals surface area contributed by atoms with Crippen LogP contribution in [0.25, 0.3) is 5.69 Å². The Morgan fingerprint density at radius 3 is 2.80 bits per heavy atom. The van der Waals surface area contributed by atoms with E-state index in [2.05, 4.69) is 30.8 Å². The number of rotatable bonds is 4. The molecule has 0 saturated carbocycles. The quantitative estimate of drug-likeness (QED) is 0.769. The summed E-state index contributed by atoms with van der Waals surface area (Å²) in [6, 6.07) is 6.01. The molecule has 0 aliphatic rings. The summed E-state index contributed by atoms with van der Waals surface area (Å²) in [5.41, 5.74) is 4.12. The molecule has 0 atom stereocenters. The van der Waals surface area contributed by atoms with Crippen molar-refractivity contribution in [2.24, 2.45) is 0 Å². The zero-order valence-corrected chi connectivity index (χ0v) is 10.9. The van der Waals surface area contributed by atoms with Gasteiger partial charge in [-0.05, 0) is 35.0 Å². The SMILES string of the molecule is Cc1ccc(-n2cnnn2)cc1NCc1cncnc1. The van der Waals surface area contributed by atoms with Crippen molar-refractivity contribution < 1.29 is 0 Å². The molecule has 100 valence electrons. The van der Waals surface area contributed by atoms with Crippen molar-refractivity contribution in [1.82, 2.24) is 30.2 Å². The van der Waals surface area contributed by atoms with Gasteiger partial charge in [0.25, 0.3) is 0 Å². The van der Waals surface area contributed by atoms with Gasteiger partial charge in [-0.1, -0.05) is 6.07 Å². The molecule has 7 nitrogen and oxygen atoms in total. The first-order chi connectivity index (χ1) is 9.83. The van der Waals surface area contributed by atoms with Gasteiger partial charge < -0.3 is 5.32 Å². The first-order valence-corrected chi connectivity index (χ1v) is 6.15. The van der Waals surface area contributed by atoms with Gasteiger partial charge in [0.1, 0.15) is 12.7 Å². The zero-order valence-electron chi connectivity index (χ0n) is 10.9. The fourth-order valence-electron chi connectivity index (χ4n) is 1.84. The number of tetrazole rings is 1. The Morgan fingerprint density at radius 2 is 2.05 bits per heavy atom. The summed E-state index contributed by atoms with van der Waals surface area (Å²) in [5, 5.41) is 14.5. The Kier molecular flexibility index (Phi) is 3.32. The van der Waals surface area contributed by atoms with E-state index < -0.39 is 0 Å². The lowest BCUT2D eigenvalue weighted by Crippen LogP contribution is -2.03. The summed E-state index contributed by atoms with van der Waals surface area (Å²) in [6.45, 7) is 2.72. The molecule has 0 bridgehead atoms. The highest BCUT2D eigenvalue weighted by Gasteiger charge is 2.03. The third-order valence-electron chi connectivity index (χ3n) is 2.93. The number of aryl methyl sites for hydroxylation is 1. The molecule has 0 unspecified atom stereocenters. The van der Waals surface area contributed by atoms with Crippen LogP contribution in [0.5, 0.6) is 0 Å². The highest BCUT2D eigenvalue weighted by molar-refractivity contribution is 5.56. The monoisotopic (exact) mass is 267 g/mol. The molecule has 7 heteroatoms. The molecule has 0 spiro atoms. The summed E-state index contributed by atoms with van der Waals surface area (Å²) >= 11 is 0. The zero-order chi connectivity index (χ0) is 13.8. The molecule has 2 aromatic heterocycles. The summed E-state index contributed by atoms with van der Waals surface area (Å²) in [6.07, 6.45) is 6.67. The maximum absolute atomic E-state index is 4.00. The average molecular weight is 267 g/mol. The molecule has 1 aromatic carbocycles. The second kappa shape index (κ2) is 5.43. The van der Waals surface area contributed by atoms with Crippen molar-refractivity contribution in [3.05, 3.63) is 54.4 Å². The third kappa shape index (κ3) is 2.61. The van der Waals surface area contributed by atoms with Gasteiger partial charge in [0.15, 0.2) is 0 Å². The second-order valence-corrected chi connectivity index (χ2v) is 4.35. The van der Waals surface area contributed by atoms with Gasteiger partial charge in [-0.25, -0.2) is 14.6 Å². The van der Waals surface area contributed by atoms with Crippen LogP contribution in [0.3, 0.4) is 0 Å². The van der Waals surface area contributed by atoms with Gasteiger partial charge >= 0.3 is 0 Å². The summed E-state index contributed by atoms with van der Waals surface area (Å²) in [7, 11) is 0. The standard InChI is InChI=1S/C13H13N7/c1-10-2-3-12(20-9-17-18-19-20)4-13(10)16-7-11-5-14-8-15-6-11/h2-6,8-9,16H,7H2,1H3. The van der Waals surface area contributed by atoms with Crippen molar-refractivity contribution in [3.63, 3.8) is 0 Å². The minimum Gasteiger partial charge on any atom is -0.381 e. The van der Waals surface area contributed by atoms with Gasteiger partial charge in [-0.3, -0.25) is 0 Å². The van der Waals surface area contributed by atoms with Crippen LogP contribution in [0.2, 0.25) is 0 Å². The van der Waals surface area contributed by atoms with Gasteiger partial charge in [-0.15, -0.1) is 5.10 Å². The fourth-order valence-corrected chi connectivity index (χ4v) is 1.84. The highest BCUT2D eigenvalue weighted by Crippen LogP contribution is 2.19. The predicted octanol–water partition coefficient (Wildman–Crippen LogP) is 1.37. The van der Waals surface area contributed by atoms with Crippen LogP contribution in [0.15, 0.2) is 43.2 Å². The van der Waals surface area contributed by atoms with Crippen LogP contribution >= 0.6 is 0 Å². The van der Waals surface area contributed by atoms with E-state index in [0.717, 1.165) is 22.5 Å². The molecule has 3 aromatic rings. The van der Waals surface area contributed by atoms with Crippen LogP contribution < -0.4 is 5.32 Å². The molecular formula is C13H13N7. The summed E-state index contributed by atoms with van der Waals surface area (Å²) in [5.74, 6) is 0. The minimum atomic E-state index is 0.667. The maximum atomic E-state index is 4.00. The van der Waals surface area contributed by atoms with E-state index in [1.807, 2.05) is 25.1 Å². The Balaban J connectivity index is 1.80. The van der Waals surface area contributed by atoms with Gasteiger partial charge in [0.05, 0.1) is 5.69 Å². The van der Waals surface area contributed by atoms with Crippen molar-refractivity contribution in [2.45, 2.75) is 13.5 Å². The molecule has 2 heterocycles. The lowest BCUT2D eigenvalue weighted by atomic mass is 10.1. The van der Waals surface area contributed by atoms with E-state index in [1.165, 1.54) is 6.33 Å². The van der Waals surface area contributed by atoms with Gasteiger partial charge in [0.2, 0.25) is 0 Å². The van der Waals surface area contributed by atoms with Crippen molar-refractivity contribution in [2.75, 3.05) is 5.32 Å². The molecular weight excluding hydrogens is 254 g/mol. The molecule has 0 aliphatic heterocycles. The number of benzene rings is 1. The van der Waals surface area contributed by atoms with Crippen molar-refractivity contribution in [1.29, 1.82) is 0 Å². The Labute approximate surface area is 115 Å². The smallest absolute Gasteiger partial charge is 0.143 e. The lowest BCUT2D eigenvalue weighted by Gasteiger charge is -2.11. The van der Waals surface area contributed by atoms with E-state index in [9.17, 15) is 0 Å². The molecule has 20 heavy (non-hydrogen) atoms. The maximum Gasteiger partial charge on any atom is 0.143 e. The normalized spacial score (nSPS) is 10.4. The molecule has 0 fully saturated rings. The summed E-state index contributed by atoms with van der Waals surface area (Å²) < 4.78 is 1.62. The molecule has 0 radical (unpaired) electrons. The minimum absolute atomic E-state index is 0.667. The lowest BCUT2D eigenvalue weighted by molar-refractivity contribution is 0.789. The first-order valence-electron chi connectivity index (χ1n) is 6.15. The highest BCUT2D eigenvalue weighted by atomic mass is 15.5. The number of nitrogens with zero attached hydrogens (tertiary/aromatic N) is 6. The number of aromatic nitrogens is 6. The topological polar surface area (TPSA) is 81.4 Å². The van der Waals surface area contributed by atoms with Crippen LogP contribution in [0.1, 0.15) is 11.1 Å². The number of hydrogen-bond donors (Lipinski definition) is 1. The van der Waals surface area contributed by atoms with Gasteiger partial charge in [-0.2, -0.15) is 0 Å². The van der Waals surface area contributed by atoms with E-state index >= 15 is 0 Å². The molecule has 0 aliphatic carbocycles. The average Bonchev–Trinajstić information content (AvgIpc) is 3.02. The number of nitrogens with one attached hydrogen (secondary N) is 1. The van der Waals surface area contributed by atoms with Crippen LogP contribution in [0.4, 0.5) is 5.69 Å². The van der Waals surface area contributed by atoms with E-state index in [4.69, 9.17) is 0 Å². The number of hydrogen-bond acceptors (Lipinski definition) is 6. The Bertz CT molecular complexity index is 679. The summed E-state index contributed by atoms with van der Waals surface area (Å²) in [4.78, 5) is 7.99. The first kappa shape index (κ1) is 12.2. The largest absolute Gasteiger partial charge is 0.381 e. The van der Waals surface area contributed by atoms with E-state index in [-0.39, 0.29) is 0 Å². The Hall–Kier alpha value is -2.83. The van der Waals surface area contributed by atoms with E-state index in [0.29, 0.717) is 6.54 Å². The van der Waals surface area contributed by atoms with Crippen molar-refractivity contribution >= 4 is 5.69 Å².